The first-order chi connectivity index (χ1) is 13.0. The van der Waals surface area contributed by atoms with Crippen LogP contribution in [0, 0.1) is 5.82 Å². The summed E-state index contributed by atoms with van der Waals surface area (Å²) in [5, 5.41) is 13.9. The number of amides is 1. The topological polar surface area (TPSA) is 87.1 Å². The molecule has 0 saturated heterocycles. The van der Waals surface area contributed by atoms with Crippen LogP contribution in [0.4, 0.5) is 4.39 Å². The molecular weight excluding hydrogens is 349 g/mol. The first-order valence-corrected chi connectivity index (χ1v) is 8.69. The molecule has 0 fully saturated rings. The molecule has 0 bridgehead atoms. The van der Waals surface area contributed by atoms with E-state index in [4.69, 9.17) is 0 Å². The first-order valence-electron chi connectivity index (χ1n) is 8.69. The van der Waals surface area contributed by atoms with E-state index in [0.29, 0.717) is 24.3 Å². The zero-order valence-electron chi connectivity index (χ0n) is 14.9. The number of carbonyl (C=O) groups is 2. The minimum Gasteiger partial charge on any atom is -0.545 e. The number of carbonyl (C=O) groups excluding carboxylic acids is 2. The van der Waals surface area contributed by atoms with Crippen molar-refractivity contribution in [2.24, 2.45) is 0 Å². The van der Waals surface area contributed by atoms with E-state index >= 15 is 0 Å². The fraction of sp³-hybridized carbons (Fsp3) is 0.250. The van der Waals surface area contributed by atoms with Crippen molar-refractivity contribution < 1.29 is 19.1 Å². The van der Waals surface area contributed by atoms with E-state index in [1.807, 2.05) is 11.5 Å². The zero-order valence-corrected chi connectivity index (χ0v) is 14.9. The van der Waals surface area contributed by atoms with E-state index in [0.717, 1.165) is 17.5 Å². The molecule has 0 aliphatic carbocycles. The van der Waals surface area contributed by atoms with Gasteiger partial charge >= 0.3 is 0 Å². The summed E-state index contributed by atoms with van der Waals surface area (Å²) in [7, 11) is 0. The molecular formula is C20H19FN3O3-. The molecule has 1 aromatic heterocycles. The summed E-state index contributed by atoms with van der Waals surface area (Å²) in [5.41, 5.74) is 2.12. The lowest BCUT2D eigenvalue weighted by Gasteiger charge is -2.11. The normalized spacial score (nSPS) is 10.9. The summed E-state index contributed by atoms with van der Waals surface area (Å²) in [6, 6.07) is 10.7. The lowest BCUT2D eigenvalue weighted by Crippen LogP contribution is -2.24. The van der Waals surface area contributed by atoms with Crippen LogP contribution in [0.2, 0.25) is 0 Å². The molecule has 27 heavy (non-hydrogen) atoms. The minimum absolute atomic E-state index is 0.0375. The lowest BCUT2D eigenvalue weighted by molar-refractivity contribution is -0.255. The SMILES string of the molecule is CCCC(=O)NCc1nc2cc(C(=O)[O-])ccc2n1Cc1ccc(F)cc1. The van der Waals surface area contributed by atoms with Crippen LogP contribution >= 0.6 is 0 Å². The third-order valence-corrected chi connectivity index (χ3v) is 4.24. The Hall–Kier alpha value is -3.22. The number of hydrogen-bond donors (Lipinski definition) is 1. The van der Waals surface area contributed by atoms with Gasteiger partial charge in [-0.2, -0.15) is 0 Å². The van der Waals surface area contributed by atoms with Gasteiger partial charge in [-0.25, -0.2) is 9.37 Å². The van der Waals surface area contributed by atoms with Crippen LogP contribution in [0.3, 0.4) is 0 Å². The molecule has 1 amide bonds. The number of carboxylic acids is 1. The summed E-state index contributed by atoms with van der Waals surface area (Å²) in [6.07, 6.45) is 1.17. The highest BCUT2D eigenvalue weighted by Gasteiger charge is 2.13. The molecule has 0 aliphatic rings. The van der Waals surface area contributed by atoms with Gasteiger partial charge in [0.15, 0.2) is 0 Å². The molecule has 0 unspecified atom stereocenters. The molecule has 0 radical (unpaired) electrons. The molecule has 7 heteroatoms. The van der Waals surface area contributed by atoms with E-state index in [1.165, 1.54) is 24.3 Å². The van der Waals surface area contributed by atoms with Crippen molar-refractivity contribution in [1.29, 1.82) is 0 Å². The van der Waals surface area contributed by atoms with Gasteiger partial charge < -0.3 is 19.8 Å². The summed E-state index contributed by atoms with van der Waals surface area (Å²) >= 11 is 0. The number of hydrogen-bond acceptors (Lipinski definition) is 4. The maximum absolute atomic E-state index is 13.2. The predicted molar refractivity (Wildman–Crippen MR) is 96.3 cm³/mol. The van der Waals surface area contributed by atoms with E-state index in [2.05, 4.69) is 10.3 Å². The van der Waals surface area contributed by atoms with Crippen molar-refractivity contribution in [3.63, 3.8) is 0 Å². The number of imidazole rings is 1. The molecule has 0 atom stereocenters. The van der Waals surface area contributed by atoms with Crippen LogP contribution in [0.1, 0.15) is 41.5 Å². The van der Waals surface area contributed by atoms with Gasteiger partial charge in [-0.3, -0.25) is 4.79 Å². The monoisotopic (exact) mass is 368 g/mol. The van der Waals surface area contributed by atoms with Gasteiger partial charge in [0.05, 0.1) is 23.5 Å². The van der Waals surface area contributed by atoms with E-state index in [1.54, 1.807) is 18.2 Å². The lowest BCUT2D eigenvalue weighted by atomic mass is 10.2. The number of aromatic nitrogens is 2. The van der Waals surface area contributed by atoms with Gasteiger partial charge in [-0.05, 0) is 41.8 Å². The van der Waals surface area contributed by atoms with E-state index in [9.17, 15) is 19.1 Å². The Morgan fingerprint density at radius 1 is 1.19 bits per heavy atom. The second-order valence-electron chi connectivity index (χ2n) is 6.26. The van der Waals surface area contributed by atoms with E-state index in [-0.39, 0.29) is 23.8 Å². The zero-order chi connectivity index (χ0) is 19.4. The number of carboxylic acid groups (broad SMARTS) is 1. The number of aromatic carboxylic acids is 1. The van der Waals surface area contributed by atoms with Gasteiger partial charge in [-0.1, -0.05) is 25.1 Å². The number of fused-ring (bicyclic) bond motifs is 1. The quantitative estimate of drug-likeness (QED) is 0.691. The number of nitrogens with one attached hydrogen (secondary N) is 1. The highest BCUT2D eigenvalue weighted by Crippen LogP contribution is 2.20. The Labute approximate surface area is 155 Å². The summed E-state index contributed by atoms with van der Waals surface area (Å²) < 4.78 is 15.1. The van der Waals surface area contributed by atoms with Crippen LogP contribution in [0.25, 0.3) is 11.0 Å². The molecule has 1 N–H and O–H groups in total. The summed E-state index contributed by atoms with van der Waals surface area (Å²) in [6.45, 7) is 2.56. The highest BCUT2D eigenvalue weighted by molar-refractivity contribution is 5.91. The smallest absolute Gasteiger partial charge is 0.220 e. The van der Waals surface area contributed by atoms with Gasteiger partial charge in [0.2, 0.25) is 5.91 Å². The number of halogens is 1. The third-order valence-electron chi connectivity index (χ3n) is 4.24. The molecule has 3 aromatic rings. The van der Waals surface area contributed by atoms with Crippen molar-refractivity contribution in [1.82, 2.24) is 14.9 Å². The molecule has 0 aliphatic heterocycles. The van der Waals surface area contributed by atoms with Gasteiger partial charge in [-0.15, -0.1) is 0 Å². The Bertz CT molecular complexity index is 980. The molecule has 3 rings (SSSR count). The minimum atomic E-state index is -1.28. The van der Waals surface area contributed by atoms with Crippen molar-refractivity contribution in [3.05, 3.63) is 65.2 Å². The van der Waals surface area contributed by atoms with Crippen LogP contribution in [-0.2, 0) is 17.9 Å². The average molecular weight is 368 g/mol. The highest BCUT2D eigenvalue weighted by atomic mass is 19.1. The van der Waals surface area contributed by atoms with E-state index < -0.39 is 5.97 Å². The maximum atomic E-state index is 13.2. The van der Waals surface area contributed by atoms with Gasteiger partial charge in [0.1, 0.15) is 11.6 Å². The Balaban J connectivity index is 1.98. The van der Waals surface area contributed by atoms with Crippen molar-refractivity contribution in [2.75, 3.05) is 0 Å². The largest absolute Gasteiger partial charge is 0.545 e. The summed E-state index contributed by atoms with van der Waals surface area (Å²) in [5.74, 6) is -1.08. The second-order valence-corrected chi connectivity index (χ2v) is 6.26. The molecule has 0 saturated carbocycles. The van der Waals surface area contributed by atoms with Crippen LogP contribution in [-0.4, -0.2) is 21.4 Å². The third kappa shape index (κ3) is 4.31. The molecule has 140 valence electrons. The molecule has 0 spiro atoms. The van der Waals surface area contributed by atoms with Crippen LogP contribution in [0.15, 0.2) is 42.5 Å². The molecule has 6 nitrogen and oxygen atoms in total. The average Bonchev–Trinajstić information content (AvgIpc) is 2.99. The second kappa shape index (κ2) is 7.99. The Morgan fingerprint density at radius 2 is 1.93 bits per heavy atom. The number of rotatable bonds is 7. The fourth-order valence-electron chi connectivity index (χ4n) is 2.88. The van der Waals surface area contributed by atoms with Crippen LogP contribution in [0.5, 0.6) is 0 Å². The Morgan fingerprint density at radius 3 is 2.59 bits per heavy atom. The predicted octanol–water partition coefficient (Wildman–Crippen LogP) is 2.00. The number of benzene rings is 2. The molecule has 2 aromatic carbocycles. The van der Waals surface area contributed by atoms with Gasteiger partial charge in [0.25, 0.3) is 0 Å². The van der Waals surface area contributed by atoms with Crippen molar-refractivity contribution >= 4 is 22.9 Å². The number of nitrogens with zero attached hydrogens (tertiary/aromatic N) is 2. The van der Waals surface area contributed by atoms with Crippen molar-refractivity contribution in [2.45, 2.75) is 32.9 Å². The Kier molecular flexibility index (Phi) is 5.49. The van der Waals surface area contributed by atoms with Gasteiger partial charge in [0, 0.05) is 13.0 Å². The van der Waals surface area contributed by atoms with Crippen LogP contribution < -0.4 is 10.4 Å². The standard InChI is InChI=1S/C20H20FN3O3/c1-2-3-19(25)22-11-18-23-16-10-14(20(26)27)6-9-17(16)24(18)12-13-4-7-15(21)8-5-13/h4-10H,2-3,11-12H2,1H3,(H,22,25)(H,26,27)/p-1. The van der Waals surface area contributed by atoms with Crippen molar-refractivity contribution in [3.8, 4) is 0 Å². The first kappa shape index (κ1) is 18.6. The fourth-order valence-corrected chi connectivity index (χ4v) is 2.88. The maximum Gasteiger partial charge on any atom is 0.220 e. The summed E-state index contributed by atoms with van der Waals surface area (Å²) in [4.78, 5) is 27.4. The molecule has 1 heterocycles.